The van der Waals surface area contributed by atoms with Gasteiger partial charge in [-0.3, -0.25) is 20.0 Å². The summed E-state index contributed by atoms with van der Waals surface area (Å²) in [7, 11) is 0. The molecule has 1 saturated heterocycles. The molecule has 2 N–H and O–H groups in total. The van der Waals surface area contributed by atoms with Crippen LogP contribution in [0.2, 0.25) is 0 Å². The minimum atomic E-state index is -1.12. The van der Waals surface area contributed by atoms with Gasteiger partial charge in [0.1, 0.15) is 0 Å². The van der Waals surface area contributed by atoms with Gasteiger partial charge < -0.3 is 5.11 Å². The van der Waals surface area contributed by atoms with E-state index in [1.54, 1.807) is 18.2 Å². The second-order valence-electron chi connectivity index (χ2n) is 4.63. The van der Waals surface area contributed by atoms with Gasteiger partial charge in [0, 0.05) is 30.2 Å². The molecule has 0 saturated carbocycles. The van der Waals surface area contributed by atoms with E-state index in [1.807, 2.05) is 0 Å². The van der Waals surface area contributed by atoms with Crippen molar-refractivity contribution in [2.45, 2.75) is 6.42 Å². The van der Waals surface area contributed by atoms with Crippen LogP contribution in [-0.2, 0) is 4.79 Å². The summed E-state index contributed by atoms with van der Waals surface area (Å²) < 4.78 is 0. The van der Waals surface area contributed by atoms with Crippen molar-refractivity contribution in [3.63, 3.8) is 0 Å². The first-order valence-electron chi connectivity index (χ1n) is 6.29. The van der Waals surface area contributed by atoms with Crippen molar-refractivity contribution >= 4 is 34.5 Å². The van der Waals surface area contributed by atoms with Crippen LogP contribution in [0.3, 0.4) is 0 Å². The van der Waals surface area contributed by atoms with E-state index in [2.05, 4.69) is 10.3 Å². The zero-order chi connectivity index (χ0) is 15.0. The minimum Gasteiger partial charge on any atom is -0.478 e. The van der Waals surface area contributed by atoms with Crippen LogP contribution in [0, 0.1) is 0 Å². The molecule has 1 aliphatic heterocycles. The zero-order valence-electron chi connectivity index (χ0n) is 10.9. The summed E-state index contributed by atoms with van der Waals surface area (Å²) in [6.07, 6.45) is 1.69. The number of amides is 3. The number of hydrogen-bond acceptors (Lipinski definition) is 4. The van der Waals surface area contributed by atoms with Crippen LogP contribution in [0.5, 0.6) is 0 Å². The molecule has 0 spiro atoms. The number of hydrogen-bond donors (Lipinski definition) is 2. The van der Waals surface area contributed by atoms with Crippen molar-refractivity contribution in [1.82, 2.24) is 10.3 Å². The Morgan fingerprint density at radius 2 is 2.14 bits per heavy atom. The van der Waals surface area contributed by atoms with Crippen LogP contribution in [0.1, 0.15) is 16.8 Å². The van der Waals surface area contributed by atoms with Gasteiger partial charge in [-0.25, -0.2) is 9.59 Å². The van der Waals surface area contributed by atoms with Crippen LogP contribution in [0.25, 0.3) is 10.9 Å². The highest BCUT2D eigenvalue weighted by Crippen LogP contribution is 2.26. The average Bonchev–Trinajstić information content (AvgIpc) is 2.46. The molecular weight excluding hydrogens is 274 g/mol. The number of benzene rings is 1. The first kappa shape index (κ1) is 13.0. The van der Waals surface area contributed by atoms with Crippen molar-refractivity contribution in [2.24, 2.45) is 0 Å². The van der Waals surface area contributed by atoms with Gasteiger partial charge in [-0.2, -0.15) is 0 Å². The molecule has 7 heteroatoms. The quantitative estimate of drug-likeness (QED) is 0.868. The molecule has 106 valence electrons. The Labute approximate surface area is 119 Å². The van der Waals surface area contributed by atoms with Gasteiger partial charge in [0.2, 0.25) is 5.91 Å². The number of carboxylic acid groups (broad SMARTS) is 1. The third-order valence-electron chi connectivity index (χ3n) is 3.29. The van der Waals surface area contributed by atoms with Crippen molar-refractivity contribution < 1.29 is 19.5 Å². The summed E-state index contributed by atoms with van der Waals surface area (Å²) in [6, 6.07) is 5.95. The molecule has 2 aromatic rings. The molecule has 0 unspecified atom stereocenters. The second kappa shape index (κ2) is 4.86. The maximum atomic E-state index is 11.9. The van der Waals surface area contributed by atoms with E-state index in [1.165, 1.54) is 17.2 Å². The number of carbonyl (C=O) groups excluding carboxylic acids is 2. The Hall–Kier alpha value is -2.96. The third kappa shape index (κ3) is 2.29. The number of aromatic carboxylic acids is 1. The number of rotatable bonds is 2. The van der Waals surface area contributed by atoms with E-state index in [-0.39, 0.29) is 24.4 Å². The maximum absolute atomic E-state index is 11.9. The fourth-order valence-corrected chi connectivity index (χ4v) is 2.31. The lowest BCUT2D eigenvalue weighted by Gasteiger charge is -2.27. The molecule has 3 amide bonds. The Morgan fingerprint density at radius 1 is 1.33 bits per heavy atom. The number of pyridine rings is 1. The summed E-state index contributed by atoms with van der Waals surface area (Å²) >= 11 is 0. The Bertz CT molecular complexity index is 772. The summed E-state index contributed by atoms with van der Waals surface area (Å²) in [5.41, 5.74) is 0.813. The average molecular weight is 285 g/mol. The number of imide groups is 1. The number of carboxylic acids is 1. The van der Waals surface area contributed by atoms with Gasteiger partial charge >= 0.3 is 12.0 Å². The number of fused-ring (bicyclic) bond motifs is 1. The molecule has 1 aromatic heterocycles. The SMILES string of the molecule is O=C1CCN(c2cc(C(=O)O)c3ncccc3c2)C(=O)N1. The van der Waals surface area contributed by atoms with Gasteiger partial charge in [-0.05, 0) is 18.2 Å². The van der Waals surface area contributed by atoms with Crippen LogP contribution < -0.4 is 10.2 Å². The lowest BCUT2D eigenvalue weighted by Crippen LogP contribution is -2.49. The standard InChI is InChI=1S/C14H11N3O4/c18-11-3-5-17(14(21)16-11)9-6-8-2-1-4-15-12(8)10(7-9)13(19)20/h1-2,4,6-7H,3,5H2,(H,19,20)(H,16,18,21). The normalized spacial score (nSPS) is 15.1. The smallest absolute Gasteiger partial charge is 0.337 e. The molecule has 7 nitrogen and oxygen atoms in total. The fourth-order valence-electron chi connectivity index (χ4n) is 2.31. The van der Waals surface area contributed by atoms with Crippen molar-refractivity contribution in [2.75, 3.05) is 11.4 Å². The highest BCUT2D eigenvalue weighted by Gasteiger charge is 2.25. The van der Waals surface area contributed by atoms with E-state index in [0.717, 1.165) is 0 Å². The van der Waals surface area contributed by atoms with E-state index < -0.39 is 12.0 Å². The summed E-state index contributed by atoms with van der Waals surface area (Å²) in [6.45, 7) is 0.218. The predicted octanol–water partition coefficient (Wildman–Crippen LogP) is 1.38. The molecule has 0 atom stereocenters. The van der Waals surface area contributed by atoms with Gasteiger partial charge in [0.05, 0.1) is 11.1 Å². The summed E-state index contributed by atoms with van der Waals surface area (Å²) in [5.74, 6) is -1.45. The monoisotopic (exact) mass is 285 g/mol. The topological polar surface area (TPSA) is 99.6 Å². The van der Waals surface area contributed by atoms with E-state index in [4.69, 9.17) is 0 Å². The highest BCUT2D eigenvalue weighted by atomic mass is 16.4. The molecule has 1 aromatic carbocycles. The molecule has 1 fully saturated rings. The van der Waals surface area contributed by atoms with Crippen LogP contribution >= 0.6 is 0 Å². The number of nitrogens with one attached hydrogen (secondary N) is 1. The third-order valence-corrected chi connectivity index (χ3v) is 3.29. The number of carbonyl (C=O) groups is 3. The molecule has 0 bridgehead atoms. The summed E-state index contributed by atoms with van der Waals surface area (Å²) in [5, 5.41) is 12.1. The Balaban J connectivity index is 2.13. The minimum absolute atomic E-state index is 0.0211. The van der Waals surface area contributed by atoms with Crippen molar-refractivity contribution in [3.8, 4) is 0 Å². The Kier molecular flexibility index (Phi) is 3.02. The largest absolute Gasteiger partial charge is 0.478 e. The van der Waals surface area contributed by atoms with Crippen LogP contribution in [-0.4, -0.2) is 34.5 Å². The molecular formula is C14H11N3O4. The number of urea groups is 1. The molecule has 1 aliphatic rings. The molecule has 3 rings (SSSR count). The lowest BCUT2D eigenvalue weighted by atomic mass is 10.1. The Morgan fingerprint density at radius 3 is 2.86 bits per heavy atom. The van der Waals surface area contributed by atoms with Gasteiger partial charge in [0.15, 0.2) is 0 Å². The van der Waals surface area contributed by atoms with Gasteiger partial charge in [0.25, 0.3) is 0 Å². The van der Waals surface area contributed by atoms with Crippen LogP contribution in [0.15, 0.2) is 30.5 Å². The highest BCUT2D eigenvalue weighted by molar-refractivity contribution is 6.09. The predicted molar refractivity (Wildman–Crippen MR) is 74.2 cm³/mol. The first-order valence-corrected chi connectivity index (χ1v) is 6.29. The molecule has 21 heavy (non-hydrogen) atoms. The molecule has 2 heterocycles. The number of anilines is 1. The molecule has 0 aliphatic carbocycles. The lowest BCUT2D eigenvalue weighted by molar-refractivity contribution is -0.120. The zero-order valence-corrected chi connectivity index (χ0v) is 10.9. The first-order chi connectivity index (χ1) is 10.1. The number of nitrogens with zero attached hydrogens (tertiary/aromatic N) is 2. The fraction of sp³-hybridized carbons (Fsp3) is 0.143. The van der Waals surface area contributed by atoms with Crippen LogP contribution in [0.4, 0.5) is 10.5 Å². The van der Waals surface area contributed by atoms with Crippen molar-refractivity contribution in [3.05, 3.63) is 36.0 Å². The van der Waals surface area contributed by atoms with Gasteiger partial charge in [-0.1, -0.05) is 6.07 Å². The van der Waals surface area contributed by atoms with Gasteiger partial charge in [-0.15, -0.1) is 0 Å². The second-order valence-corrected chi connectivity index (χ2v) is 4.63. The van der Waals surface area contributed by atoms with E-state index >= 15 is 0 Å². The number of aromatic nitrogens is 1. The van der Waals surface area contributed by atoms with Crippen molar-refractivity contribution in [1.29, 1.82) is 0 Å². The van der Waals surface area contributed by atoms with E-state index in [0.29, 0.717) is 16.6 Å². The molecule has 0 radical (unpaired) electrons. The van der Waals surface area contributed by atoms with E-state index in [9.17, 15) is 19.5 Å². The maximum Gasteiger partial charge on any atom is 0.337 e. The summed E-state index contributed by atoms with van der Waals surface area (Å²) in [4.78, 5) is 39.8.